The van der Waals surface area contributed by atoms with Gasteiger partial charge in [-0.3, -0.25) is 9.59 Å². The van der Waals surface area contributed by atoms with E-state index in [0.29, 0.717) is 10.7 Å². The van der Waals surface area contributed by atoms with Crippen LogP contribution in [0.1, 0.15) is 6.42 Å². The van der Waals surface area contributed by atoms with Crippen molar-refractivity contribution in [3.63, 3.8) is 0 Å². The fourth-order valence-corrected chi connectivity index (χ4v) is 3.57. The van der Waals surface area contributed by atoms with Crippen molar-refractivity contribution in [2.45, 2.75) is 11.3 Å². The molecule has 2 rings (SSSR count). The molecule has 1 N–H and O–H groups in total. The summed E-state index contributed by atoms with van der Waals surface area (Å²) in [4.78, 5) is 25.2. The molecule has 0 radical (unpaired) electrons. The van der Waals surface area contributed by atoms with Crippen molar-refractivity contribution in [3.8, 4) is 0 Å². The standard InChI is InChI=1S/C18H18ClFN2O4S/c1-22(12-17(23)21-15-6-2-13(19)3-7-15)18(24)10-11-27(25,26)16-8-4-14(20)5-9-16/h2-9H,10-12H2,1H3,(H,21,23). The Hall–Kier alpha value is -2.45. The van der Waals surface area contributed by atoms with Gasteiger partial charge in [0.15, 0.2) is 9.84 Å². The molecule has 0 aromatic heterocycles. The minimum Gasteiger partial charge on any atom is -0.336 e. The number of rotatable bonds is 7. The van der Waals surface area contributed by atoms with Crippen molar-refractivity contribution in [1.29, 1.82) is 0 Å². The van der Waals surface area contributed by atoms with E-state index in [-0.39, 0.29) is 17.9 Å². The first-order chi connectivity index (χ1) is 12.7. The molecule has 0 heterocycles. The molecule has 0 aliphatic rings. The van der Waals surface area contributed by atoms with Crippen LogP contribution in [0.5, 0.6) is 0 Å². The van der Waals surface area contributed by atoms with Crippen LogP contribution in [0.4, 0.5) is 10.1 Å². The molecule has 6 nitrogen and oxygen atoms in total. The third-order valence-corrected chi connectivity index (χ3v) is 5.68. The lowest BCUT2D eigenvalue weighted by Gasteiger charge is -2.17. The van der Waals surface area contributed by atoms with Gasteiger partial charge in [-0.2, -0.15) is 0 Å². The van der Waals surface area contributed by atoms with Gasteiger partial charge in [0, 0.05) is 24.2 Å². The average Bonchev–Trinajstić information content (AvgIpc) is 2.62. The monoisotopic (exact) mass is 412 g/mol. The maximum Gasteiger partial charge on any atom is 0.243 e. The van der Waals surface area contributed by atoms with Crippen molar-refractivity contribution >= 4 is 38.9 Å². The molecule has 0 spiro atoms. The van der Waals surface area contributed by atoms with Crippen LogP contribution >= 0.6 is 11.6 Å². The molecule has 0 aliphatic carbocycles. The number of sulfone groups is 1. The first-order valence-corrected chi connectivity index (χ1v) is 9.98. The lowest BCUT2D eigenvalue weighted by molar-refractivity contribution is -0.132. The van der Waals surface area contributed by atoms with Crippen LogP contribution in [0.15, 0.2) is 53.4 Å². The van der Waals surface area contributed by atoms with Gasteiger partial charge in [-0.15, -0.1) is 0 Å². The van der Waals surface area contributed by atoms with E-state index < -0.39 is 33.2 Å². The van der Waals surface area contributed by atoms with Crippen LogP contribution in [0.25, 0.3) is 0 Å². The third-order valence-electron chi connectivity index (χ3n) is 3.69. The second kappa shape index (κ2) is 8.96. The molecule has 0 fully saturated rings. The second-order valence-electron chi connectivity index (χ2n) is 5.83. The van der Waals surface area contributed by atoms with E-state index in [1.165, 1.54) is 7.05 Å². The topological polar surface area (TPSA) is 83.6 Å². The lowest BCUT2D eigenvalue weighted by atomic mass is 10.3. The number of nitrogens with zero attached hydrogens (tertiary/aromatic N) is 1. The van der Waals surface area contributed by atoms with Crippen molar-refractivity contribution in [2.75, 3.05) is 24.7 Å². The molecule has 2 aromatic carbocycles. The summed E-state index contributed by atoms with van der Waals surface area (Å²) in [7, 11) is -2.30. The van der Waals surface area contributed by atoms with Gasteiger partial charge < -0.3 is 10.2 Å². The van der Waals surface area contributed by atoms with Gasteiger partial charge in [0.05, 0.1) is 17.2 Å². The summed E-state index contributed by atoms with van der Waals surface area (Å²) in [5, 5.41) is 3.14. The summed E-state index contributed by atoms with van der Waals surface area (Å²) < 4.78 is 37.2. The van der Waals surface area contributed by atoms with E-state index in [1.807, 2.05) is 0 Å². The van der Waals surface area contributed by atoms with Crippen LogP contribution in [-0.2, 0) is 19.4 Å². The number of carbonyl (C=O) groups is 2. The summed E-state index contributed by atoms with van der Waals surface area (Å²) in [6, 6.07) is 10.9. The van der Waals surface area contributed by atoms with Crippen molar-refractivity contribution in [3.05, 3.63) is 59.4 Å². The average molecular weight is 413 g/mol. The Kier molecular flexibility index (Phi) is 6.92. The van der Waals surface area contributed by atoms with Crippen molar-refractivity contribution in [1.82, 2.24) is 4.90 Å². The molecular formula is C18H18ClFN2O4S. The molecule has 0 aliphatic heterocycles. The number of hydrogen-bond donors (Lipinski definition) is 1. The van der Waals surface area contributed by atoms with Crippen LogP contribution < -0.4 is 5.32 Å². The smallest absolute Gasteiger partial charge is 0.243 e. The Labute approximate surface area is 161 Å². The van der Waals surface area contributed by atoms with Crippen LogP contribution in [0, 0.1) is 5.82 Å². The van der Waals surface area contributed by atoms with Crippen LogP contribution in [0.2, 0.25) is 5.02 Å². The number of amides is 2. The Morgan fingerprint density at radius 1 is 1.07 bits per heavy atom. The molecule has 0 saturated heterocycles. The minimum atomic E-state index is -3.71. The molecule has 27 heavy (non-hydrogen) atoms. The predicted molar refractivity (Wildman–Crippen MR) is 101 cm³/mol. The molecule has 0 atom stereocenters. The predicted octanol–water partition coefficient (Wildman–Crippen LogP) is 2.74. The first kappa shape index (κ1) is 20.9. The van der Waals surface area contributed by atoms with Gasteiger partial charge >= 0.3 is 0 Å². The van der Waals surface area contributed by atoms with E-state index in [4.69, 9.17) is 11.6 Å². The number of benzene rings is 2. The van der Waals surface area contributed by atoms with Crippen molar-refractivity contribution in [2.24, 2.45) is 0 Å². The Bertz CT molecular complexity index is 915. The third kappa shape index (κ3) is 6.33. The van der Waals surface area contributed by atoms with E-state index >= 15 is 0 Å². The van der Waals surface area contributed by atoms with Gasteiger partial charge in [0.2, 0.25) is 11.8 Å². The molecule has 2 aromatic rings. The zero-order valence-electron chi connectivity index (χ0n) is 14.5. The maximum absolute atomic E-state index is 12.9. The van der Waals surface area contributed by atoms with Crippen LogP contribution in [-0.4, -0.2) is 44.5 Å². The lowest BCUT2D eigenvalue weighted by Crippen LogP contribution is -2.35. The van der Waals surface area contributed by atoms with Gasteiger partial charge in [-0.25, -0.2) is 12.8 Å². The largest absolute Gasteiger partial charge is 0.336 e. The Morgan fingerprint density at radius 2 is 1.67 bits per heavy atom. The molecular weight excluding hydrogens is 395 g/mol. The summed E-state index contributed by atoms with van der Waals surface area (Å²) >= 11 is 5.76. The summed E-state index contributed by atoms with van der Waals surface area (Å²) in [6.45, 7) is -0.224. The summed E-state index contributed by atoms with van der Waals surface area (Å²) in [6.07, 6.45) is -0.287. The zero-order chi connectivity index (χ0) is 20.0. The maximum atomic E-state index is 12.9. The van der Waals surface area contributed by atoms with Gasteiger partial charge in [0.25, 0.3) is 0 Å². The molecule has 0 unspecified atom stereocenters. The normalized spacial score (nSPS) is 11.1. The van der Waals surface area contributed by atoms with E-state index in [9.17, 15) is 22.4 Å². The number of nitrogens with one attached hydrogen (secondary N) is 1. The van der Waals surface area contributed by atoms with Crippen LogP contribution in [0.3, 0.4) is 0 Å². The number of likely N-dealkylation sites (N-methyl/N-ethyl adjacent to an activating group) is 1. The highest BCUT2D eigenvalue weighted by Gasteiger charge is 2.19. The number of halogens is 2. The van der Waals surface area contributed by atoms with E-state index in [0.717, 1.165) is 29.2 Å². The Balaban J connectivity index is 1.86. The Morgan fingerprint density at radius 3 is 2.26 bits per heavy atom. The highest BCUT2D eigenvalue weighted by Crippen LogP contribution is 2.14. The molecule has 144 valence electrons. The zero-order valence-corrected chi connectivity index (χ0v) is 16.1. The first-order valence-electron chi connectivity index (χ1n) is 7.95. The fraction of sp³-hybridized carbons (Fsp3) is 0.222. The SMILES string of the molecule is CN(CC(=O)Nc1ccc(Cl)cc1)C(=O)CCS(=O)(=O)c1ccc(F)cc1. The molecule has 9 heteroatoms. The summed E-state index contributed by atoms with van der Waals surface area (Å²) in [5.74, 6) is -1.89. The molecule has 0 bridgehead atoms. The molecule has 0 saturated carbocycles. The fourth-order valence-electron chi connectivity index (χ4n) is 2.21. The number of anilines is 1. The second-order valence-corrected chi connectivity index (χ2v) is 8.37. The number of hydrogen-bond acceptors (Lipinski definition) is 4. The van der Waals surface area contributed by atoms with E-state index in [2.05, 4.69) is 5.32 Å². The van der Waals surface area contributed by atoms with Crippen molar-refractivity contribution < 1.29 is 22.4 Å². The van der Waals surface area contributed by atoms with Gasteiger partial charge in [0.1, 0.15) is 5.82 Å². The molecule has 2 amide bonds. The minimum absolute atomic E-state index is 0.0557. The quantitative estimate of drug-likeness (QED) is 0.709. The highest BCUT2D eigenvalue weighted by atomic mass is 35.5. The highest BCUT2D eigenvalue weighted by molar-refractivity contribution is 7.91. The van der Waals surface area contributed by atoms with Gasteiger partial charge in [-0.1, -0.05) is 11.6 Å². The number of carbonyl (C=O) groups excluding carboxylic acids is 2. The van der Waals surface area contributed by atoms with Gasteiger partial charge in [-0.05, 0) is 48.5 Å². The van der Waals surface area contributed by atoms with E-state index in [1.54, 1.807) is 24.3 Å². The summed E-state index contributed by atoms with van der Waals surface area (Å²) in [5.41, 5.74) is 0.532.